The van der Waals surface area contributed by atoms with E-state index in [0.29, 0.717) is 6.04 Å². The Bertz CT molecular complexity index is 574. The molecule has 0 fully saturated rings. The van der Waals surface area contributed by atoms with Crippen LogP contribution in [0.5, 0.6) is 0 Å². The molecule has 3 nitrogen and oxygen atoms in total. The van der Waals surface area contributed by atoms with Crippen LogP contribution in [-0.4, -0.2) is 22.6 Å². The van der Waals surface area contributed by atoms with Crippen molar-refractivity contribution >= 4 is 12.2 Å². The van der Waals surface area contributed by atoms with E-state index in [2.05, 4.69) is 53.4 Å². The Morgan fingerprint density at radius 3 is 2.55 bits per heavy atom. The van der Waals surface area contributed by atoms with Crippen LogP contribution in [0.4, 0.5) is 0 Å². The van der Waals surface area contributed by atoms with Crippen LogP contribution in [0.25, 0.3) is 12.2 Å². The van der Waals surface area contributed by atoms with Gasteiger partial charge in [-0.15, -0.1) is 0 Å². The van der Waals surface area contributed by atoms with E-state index in [0.717, 1.165) is 24.4 Å². The fraction of sp³-hybridized carbons (Fsp3) is 0.368. The zero-order valence-corrected chi connectivity index (χ0v) is 13.5. The third kappa shape index (κ3) is 5.41. The first kappa shape index (κ1) is 16.4. The highest BCUT2D eigenvalue weighted by Gasteiger charge is 2.02. The molecule has 3 heteroatoms. The minimum absolute atomic E-state index is 0.610. The van der Waals surface area contributed by atoms with Gasteiger partial charge in [-0.3, -0.25) is 0 Å². The maximum atomic E-state index is 4.36. The Labute approximate surface area is 133 Å². The molecule has 1 aromatic carbocycles. The summed E-state index contributed by atoms with van der Waals surface area (Å²) in [5.74, 6) is 0. The third-order valence-corrected chi connectivity index (χ3v) is 3.79. The molecule has 0 amide bonds. The first-order valence-electron chi connectivity index (χ1n) is 8.09. The summed E-state index contributed by atoms with van der Waals surface area (Å²) in [6.45, 7) is 5.40. The monoisotopic (exact) mass is 295 g/mol. The van der Waals surface area contributed by atoms with Crippen LogP contribution in [0.15, 0.2) is 42.7 Å². The van der Waals surface area contributed by atoms with Gasteiger partial charge in [0.2, 0.25) is 0 Å². The lowest BCUT2D eigenvalue weighted by molar-refractivity contribution is 0.486. The number of nitrogens with one attached hydrogen (secondary N) is 1. The lowest BCUT2D eigenvalue weighted by Crippen LogP contribution is -2.29. The molecular weight excluding hydrogens is 270 g/mol. The van der Waals surface area contributed by atoms with Gasteiger partial charge in [-0.05, 0) is 30.5 Å². The van der Waals surface area contributed by atoms with E-state index in [4.69, 9.17) is 0 Å². The summed E-state index contributed by atoms with van der Waals surface area (Å²) >= 11 is 0. The average molecular weight is 295 g/mol. The topological polar surface area (TPSA) is 37.8 Å². The maximum Gasteiger partial charge on any atom is 0.116 e. The van der Waals surface area contributed by atoms with Crippen molar-refractivity contribution in [2.75, 3.05) is 6.54 Å². The number of nitrogens with zero attached hydrogens (tertiary/aromatic N) is 2. The molecule has 1 aromatic heterocycles. The molecule has 22 heavy (non-hydrogen) atoms. The van der Waals surface area contributed by atoms with Crippen LogP contribution in [0.3, 0.4) is 0 Å². The SMILES string of the molecule is CCC(CC)NCCc1cc(C=Cc2ccccc2)ncn1. The average Bonchev–Trinajstić information content (AvgIpc) is 2.58. The molecule has 0 aliphatic carbocycles. The van der Waals surface area contributed by atoms with Crippen LogP contribution >= 0.6 is 0 Å². The molecule has 1 heterocycles. The predicted octanol–water partition coefficient (Wildman–Crippen LogP) is 3.97. The molecule has 1 N–H and O–H groups in total. The van der Waals surface area contributed by atoms with Gasteiger partial charge in [0.15, 0.2) is 0 Å². The third-order valence-electron chi connectivity index (χ3n) is 3.79. The molecule has 0 atom stereocenters. The number of benzene rings is 1. The Hall–Kier alpha value is -2.00. The van der Waals surface area contributed by atoms with Gasteiger partial charge in [-0.25, -0.2) is 9.97 Å². The van der Waals surface area contributed by atoms with Gasteiger partial charge in [-0.2, -0.15) is 0 Å². The summed E-state index contributed by atoms with van der Waals surface area (Å²) in [5, 5.41) is 3.57. The summed E-state index contributed by atoms with van der Waals surface area (Å²) in [6, 6.07) is 12.9. The lowest BCUT2D eigenvalue weighted by Gasteiger charge is -2.14. The second-order valence-electron chi connectivity index (χ2n) is 5.40. The van der Waals surface area contributed by atoms with Gasteiger partial charge in [-0.1, -0.05) is 50.3 Å². The van der Waals surface area contributed by atoms with Crippen LogP contribution in [0.1, 0.15) is 43.6 Å². The smallest absolute Gasteiger partial charge is 0.116 e. The van der Waals surface area contributed by atoms with Crippen molar-refractivity contribution < 1.29 is 0 Å². The largest absolute Gasteiger partial charge is 0.314 e. The number of hydrogen-bond acceptors (Lipinski definition) is 3. The lowest BCUT2D eigenvalue weighted by atomic mass is 10.1. The van der Waals surface area contributed by atoms with E-state index in [-0.39, 0.29) is 0 Å². The molecular formula is C19H25N3. The van der Waals surface area contributed by atoms with Gasteiger partial charge in [0.1, 0.15) is 6.33 Å². The zero-order valence-electron chi connectivity index (χ0n) is 13.5. The minimum Gasteiger partial charge on any atom is -0.314 e. The van der Waals surface area contributed by atoms with E-state index < -0.39 is 0 Å². The molecule has 0 spiro atoms. The van der Waals surface area contributed by atoms with Crippen LogP contribution in [0.2, 0.25) is 0 Å². The van der Waals surface area contributed by atoms with Gasteiger partial charge in [0, 0.05) is 24.7 Å². The van der Waals surface area contributed by atoms with E-state index in [9.17, 15) is 0 Å². The van der Waals surface area contributed by atoms with E-state index in [1.54, 1.807) is 6.33 Å². The van der Waals surface area contributed by atoms with Gasteiger partial charge in [0.05, 0.1) is 5.69 Å². The van der Waals surface area contributed by atoms with Crippen molar-refractivity contribution in [3.63, 3.8) is 0 Å². The maximum absolute atomic E-state index is 4.36. The Balaban J connectivity index is 1.91. The van der Waals surface area contributed by atoms with Gasteiger partial charge in [0.25, 0.3) is 0 Å². The summed E-state index contributed by atoms with van der Waals surface area (Å²) in [5.41, 5.74) is 3.22. The summed E-state index contributed by atoms with van der Waals surface area (Å²) in [6.07, 6.45) is 9.04. The minimum atomic E-state index is 0.610. The molecule has 0 aliphatic heterocycles. The van der Waals surface area contributed by atoms with Crippen LogP contribution in [0, 0.1) is 0 Å². The number of hydrogen-bond donors (Lipinski definition) is 1. The molecule has 0 unspecified atom stereocenters. The van der Waals surface area contributed by atoms with E-state index in [1.165, 1.54) is 18.4 Å². The van der Waals surface area contributed by atoms with Crippen molar-refractivity contribution in [2.24, 2.45) is 0 Å². The van der Waals surface area contributed by atoms with Crippen LogP contribution in [-0.2, 0) is 6.42 Å². The molecule has 2 aromatic rings. The highest BCUT2D eigenvalue weighted by molar-refractivity contribution is 5.67. The Morgan fingerprint density at radius 2 is 1.82 bits per heavy atom. The summed E-state index contributed by atoms with van der Waals surface area (Å²) in [7, 11) is 0. The quantitative estimate of drug-likeness (QED) is 0.801. The first-order chi connectivity index (χ1) is 10.8. The van der Waals surface area contributed by atoms with Crippen molar-refractivity contribution in [3.05, 3.63) is 59.7 Å². The molecule has 0 bridgehead atoms. The summed E-state index contributed by atoms with van der Waals surface area (Å²) in [4.78, 5) is 8.67. The van der Waals surface area contributed by atoms with E-state index in [1.807, 2.05) is 24.3 Å². The van der Waals surface area contributed by atoms with Crippen LogP contribution < -0.4 is 5.32 Å². The fourth-order valence-electron chi connectivity index (χ4n) is 2.37. The number of rotatable bonds is 8. The zero-order chi connectivity index (χ0) is 15.6. The molecule has 0 saturated heterocycles. The second kappa shape index (κ2) is 9.11. The second-order valence-corrected chi connectivity index (χ2v) is 5.40. The summed E-state index contributed by atoms with van der Waals surface area (Å²) < 4.78 is 0. The van der Waals surface area contributed by atoms with Crippen molar-refractivity contribution in [1.82, 2.24) is 15.3 Å². The Morgan fingerprint density at radius 1 is 1.05 bits per heavy atom. The molecule has 0 aliphatic rings. The molecule has 2 rings (SSSR count). The van der Waals surface area contributed by atoms with Crippen molar-refractivity contribution in [3.8, 4) is 0 Å². The first-order valence-corrected chi connectivity index (χ1v) is 8.09. The number of aromatic nitrogens is 2. The molecule has 0 saturated carbocycles. The fourth-order valence-corrected chi connectivity index (χ4v) is 2.37. The van der Waals surface area contributed by atoms with Crippen molar-refractivity contribution in [2.45, 2.75) is 39.2 Å². The van der Waals surface area contributed by atoms with Crippen molar-refractivity contribution in [1.29, 1.82) is 0 Å². The standard InChI is InChI=1S/C19H25N3/c1-3-17(4-2)20-13-12-19-14-18(21-15-22-19)11-10-16-8-6-5-7-9-16/h5-11,14-15,17,20H,3-4,12-13H2,1-2H3. The molecule has 116 valence electrons. The highest BCUT2D eigenvalue weighted by Crippen LogP contribution is 2.07. The Kier molecular flexibility index (Phi) is 6.78. The normalized spacial score (nSPS) is 11.4. The van der Waals surface area contributed by atoms with Gasteiger partial charge >= 0.3 is 0 Å². The van der Waals surface area contributed by atoms with Gasteiger partial charge < -0.3 is 5.32 Å². The van der Waals surface area contributed by atoms with E-state index >= 15 is 0 Å². The predicted molar refractivity (Wildman–Crippen MR) is 93.5 cm³/mol. The molecule has 0 radical (unpaired) electrons. The highest BCUT2D eigenvalue weighted by atomic mass is 14.9.